The summed E-state index contributed by atoms with van der Waals surface area (Å²) < 4.78 is 5.51. The Labute approximate surface area is 126 Å². The summed E-state index contributed by atoms with van der Waals surface area (Å²) in [4.78, 5) is 12.7. The maximum atomic E-state index is 12.7. The second-order valence-electron chi connectivity index (χ2n) is 6.20. The summed E-state index contributed by atoms with van der Waals surface area (Å²) >= 11 is 0. The van der Waals surface area contributed by atoms with Crippen LogP contribution in [0.4, 0.5) is 0 Å². The van der Waals surface area contributed by atoms with Crippen molar-refractivity contribution in [3.63, 3.8) is 0 Å². The minimum absolute atomic E-state index is 0.0579. The quantitative estimate of drug-likeness (QED) is 0.237. The van der Waals surface area contributed by atoms with Crippen LogP contribution < -0.4 is 11.1 Å². The fourth-order valence-electron chi connectivity index (χ4n) is 3.41. The van der Waals surface area contributed by atoms with Gasteiger partial charge < -0.3 is 21.0 Å². The molecule has 6 heteroatoms. The van der Waals surface area contributed by atoms with E-state index in [4.69, 9.17) is 15.7 Å². The lowest BCUT2D eigenvalue weighted by atomic mass is 9.77. The van der Waals surface area contributed by atoms with Crippen molar-refractivity contribution in [3.8, 4) is 0 Å². The lowest BCUT2D eigenvalue weighted by molar-refractivity contribution is -0.131. The SMILES string of the molecule is CCOC1CC(NC(=O)C2(C(N)=NO)CCCCCC2)C1. The Morgan fingerprint density at radius 2 is 1.95 bits per heavy atom. The van der Waals surface area contributed by atoms with Gasteiger partial charge in [0.15, 0.2) is 5.84 Å². The van der Waals surface area contributed by atoms with Crippen LogP contribution in [0.2, 0.25) is 0 Å². The van der Waals surface area contributed by atoms with E-state index < -0.39 is 5.41 Å². The number of amidine groups is 1. The van der Waals surface area contributed by atoms with Crippen LogP contribution >= 0.6 is 0 Å². The van der Waals surface area contributed by atoms with Gasteiger partial charge in [0.25, 0.3) is 0 Å². The molecule has 0 aromatic heterocycles. The van der Waals surface area contributed by atoms with Gasteiger partial charge in [0.2, 0.25) is 5.91 Å². The van der Waals surface area contributed by atoms with Crippen LogP contribution in [0.3, 0.4) is 0 Å². The summed E-state index contributed by atoms with van der Waals surface area (Å²) in [5, 5.41) is 15.3. The Bertz CT molecular complexity index is 384. The number of nitrogens with zero attached hydrogens (tertiary/aromatic N) is 1. The molecule has 21 heavy (non-hydrogen) atoms. The first-order valence-corrected chi connectivity index (χ1v) is 8.03. The van der Waals surface area contributed by atoms with E-state index in [1.54, 1.807) is 0 Å². The summed E-state index contributed by atoms with van der Waals surface area (Å²) in [7, 11) is 0. The largest absolute Gasteiger partial charge is 0.409 e. The monoisotopic (exact) mass is 297 g/mol. The van der Waals surface area contributed by atoms with E-state index in [0.717, 1.165) is 38.5 Å². The molecule has 0 saturated heterocycles. The molecule has 0 aliphatic heterocycles. The molecule has 0 atom stereocenters. The minimum atomic E-state index is -0.831. The summed E-state index contributed by atoms with van der Waals surface area (Å²) in [6.45, 7) is 2.68. The Hall–Kier alpha value is -1.30. The summed E-state index contributed by atoms with van der Waals surface area (Å²) in [6, 6.07) is 0.153. The van der Waals surface area contributed by atoms with Crippen LogP contribution in [-0.4, -0.2) is 35.7 Å². The smallest absolute Gasteiger partial charge is 0.234 e. The van der Waals surface area contributed by atoms with Crippen LogP contribution in [0.1, 0.15) is 58.3 Å². The fourth-order valence-corrected chi connectivity index (χ4v) is 3.41. The third-order valence-corrected chi connectivity index (χ3v) is 4.82. The van der Waals surface area contributed by atoms with Gasteiger partial charge >= 0.3 is 0 Å². The standard InChI is InChI=1S/C15H27N3O3/c1-2-21-12-9-11(10-12)17-14(19)15(13(16)18-20)7-5-3-4-6-8-15/h11-12,20H,2-10H2,1H3,(H2,16,18)(H,17,19). The highest BCUT2D eigenvalue weighted by Crippen LogP contribution is 2.36. The van der Waals surface area contributed by atoms with Crippen LogP contribution in [0, 0.1) is 5.41 Å². The second-order valence-corrected chi connectivity index (χ2v) is 6.20. The topological polar surface area (TPSA) is 96.9 Å². The summed E-state index contributed by atoms with van der Waals surface area (Å²) in [5.74, 6) is -0.0257. The van der Waals surface area contributed by atoms with Crippen LogP contribution in [0.5, 0.6) is 0 Å². The molecule has 1 amide bonds. The second kappa shape index (κ2) is 7.11. The maximum Gasteiger partial charge on any atom is 0.234 e. The van der Waals surface area contributed by atoms with E-state index in [9.17, 15) is 4.79 Å². The highest BCUT2D eigenvalue weighted by Gasteiger charge is 2.45. The van der Waals surface area contributed by atoms with Crippen molar-refractivity contribution in [1.82, 2.24) is 5.32 Å². The number of nitrogens with one attached hydrogen (secondary N) is 1. The molecule has 120 valence electrons. The fraction of sp³-hybridized carbons (Fsp3) is 0.867. The number of rotatable bonds is 5. The Kier molecular flexibility index (Phi) is 5.45. The predicted molar refractivity (Wildman–Crippen MR) is 80.1 cm³/mol. The summed E-state index contributed by atoms with van der Waals surface area (Å²) in [5.41, 5.74) is 5.05. The lowest BCUT2D eigenvalue weighted by Crippen LogP contribution is -2.56. The average Bonchev–Trinajstić information content (AvgIpc) is 2.70. The van der Waals surface area contributed by atoms with E-state index in [1.165, 1.54) is 0 Å². The number of ether oxygens (including phenoxy) is 1. The number of carbonyl (C=O) groups excluding carboxylic acids is 1. The molecule has 0 spiro atoms. The van der Waals surface area contributed by atoms with Gasteiger partial charge in [-0.15, -0.1) is 0 Å². The molecular formula is C15H27N3O3. The zero-order chi connectivity index (χ0) is 15.3. The van der Waals surface area contributed by atoms with Crippen LogP contribution in [0.15, 0.2) is 5.16 Å². The van der Waals surface area contributed by atoms with Crippen molar-refractivity contribution in [1.29, 1.82) is 0 Å². The molecule has 2 saturated carbocycles. The predicted octanol–water partition coefficient (Wildman–Crippen LogP) is 1.76. The zero-order valence-corrected chi connectivity index (χ0v) is 12.8. The molecule has 0 aromatic rings. The molecule has 4 N–H and O–H groups in total. The van der Waals surface area contributed by atoms with Crippen LogP contribution in [0.25, 0.3) is 0 Å². The van der Waals surface area contributed by atoms with Crippen molar-refractivity contribution in [2.24, 2.45) is 16.3 Å². The molecule has 0 radical (unpaired) electrons. The van der Waals surface area contributed by atoms with Crippen molar-refractivity contribution in [3.05, 3.63) is 0 Å². The zero-order valence-electron chi connectivity index (χ0n) is 12.8. The number of hydrogen-bond acceptors (Lipinski definition) is 4. The lowest BCUT2D eigenvalue weighted by Gasteiger charge is -2.38. The molecule has 0 heterocycles. The van der Waals surface area contributed by atoms with Gasteiger partial charge in [-0.2, -0.15) is 0 Å². The molecule has 6 nitrogen and oxygen atoms in total. The van der Waals surface area contributed by atoms with Crippen molar-refractivity contribution in [2.45, 2.75) is 70.4 Å². The third-order valence-electron chi connectivity index (χ3n) is 4.82. The molecule has 0 bridgehead atoms. The first-order valence-electron chi connectivity index (χ1n) is 8.03. The number of carbonyl (C=O) groups is 1. The number of hydrogen-bond donors (Lipinski definition) is 3. The van der Waals surface area contributed by atoms with Gasteiger partial charge in [0, 0.05) is 12.6 Å². The summed E-state index contributed by atoms with van der Waals surface area (Å²) in [6.07, 6.45) is 7.37. The molecule has 2 aliphatic rings. The van der Waals surface area contributed by atoms with E-state index in [1.807, 2.05) is 6.92 Å². The van der Waals surface area contributed by atoms with E-state index in [2.05, 4.69) is 10.5 Å². The average molecular weight is 297 g/mol. The number of oxime groups is 1. The van der Waals surface area contributed by atoms with Crippen molar-refractivity contribution in [2.75, 3.05) is 6.61 Å². The van der Waals surface area contributed by atoms with E-state index in [0.29, 0.717) is 19.4 Å². The van der Waals surface area contributed by atoms with Crippen LogP contribution in [-0.2, 0) is 9.53 Å². The highest BCUT2D eigenvalue weighted by molar-refractivity contribution is 6.06. The Balaban J connectivity index is 1.99. The minimum Gasteiger partial charge on any atom is -0.409 e. The first-order chi connectivity index (χ1) is 10.1. The van der Waals surface area contributed by atoms with Gasteiger partial charge in [0.1, 0.15) is 5.41 Å². The number of amides is 1. The van der Waals surface area contributed by atoms with Gasteiger partial charge in [-0.3, -0.25) is 4.79 Å². The molecule has 2 fully saturated rings. The molecule has 2 rings (SSSR count). The maximum absolute atomic E-state index is 12.7. The first kappa shape index (κ1) is 16.1. The Morgan fingerprint density at radius 3 is 2.48 bits per heavy atom. The Morgan fingerprint density at radius 1 is 1.33 bits per heavy atom. The number of nitrogens with two attached hydrogens (primary N) is 1. The highest BCUT2D eigenvalue weighted by atomic mass is 16.5. The van der Waals surface area contributed by atoms with Gasteiger partial charge in [-0.25, -0.2) is 0 Å². The molecule has 0 unspecified atom stereocenters. The van der Waals surface area contributed by atoms with Crippen molar-refractivity contribution >= 4 is 11.7 Å². The molecular weight excluding hydrogens is 270 g/mol. The van der Waals surface area contributed by atoms with E-state index >= 15 is 0 Å². The van der Waals surface area contributed by atoms with Gasteiger partial charge in [0.05, 0.1) is 6.10 Å². The third kappa shape index (κ3) is 3.48. The van der Waals surface area contributed by atoms with Gasteiger partial charge in [-0.05, 0) is 32.6 Å². The molecule has 2 aliphatic carbocycles. The van der Waals surface area contributed by atoms with Gasteiger partial charge in [-0.1, -0.05) is 30.8 Å². The normalized spacial score (nSPS) is 29.3. The van der Waals surface area contributed by atoms with E-state index in [-0.39, 0.29) is 23.9 Å². The molecule has 0 aromatic carbocycles. The van der Waals surface area contributed by atoms with Crippen molar-refractivity contribution < 1.29 is 14.7 Å².